The molecule has 1 aliphatic rings. The molecule has 0 saturated carbocycles. The molecule has 0 fully saturated rings. The lowest BCUT2D eigenvalue weighted by molar-refractivity contribution is 0.0980. The van der Waals surface area contributed by atoms with Crippen molar-refractivity contribution in [3.63, 3.8) is 0 Å². The number of carbonyl (C=O) groups is 1. The van der Waals surface area contributed by atoms with Gasteiger partial charge >= 0.3 is 6.09 Å². The molecule has 0 bridgehead atoms. The minimum Gasteiger partial charge on any atom is -0.489 e. The quantitative estimate of drug-likeness (QED) is 0.262. The smallest absolute Gasteiger partial charge is 0.404 e. The average molecular weight is 610 g/mol. The Balaban J connectivity index is 1.46. The maximum atomic E-state index is 13.7. The van der Waals surface area contributed by atoms with Gasteiger partial charge in [0, 0.05) is 19.2 Å². The van der Waals surface area contributed by atoms with E-state index in [1.54, 1.807) is 42.5 Å². The van der Waals surface area contributed by atoms with E-state index < -0.39 is 28.3 Å². The number of ether oxygens (including phenoxy) is 3. The lowest BCUT2D eigenvalue weighted by Gasteiger charge is -2.30. The van der Waals surface area contributed by atoms with E-state index in [0.29, 0.717) is 41.6 Å². The summed E-state index contributed by atoms with van der Waals surface area (Å²) in [6.45, 7) is 4.43. The summed E-state index contributed by atoms with van der Waals surface area (Å²) in [6, 6.07) is 19.5. The van der Waals surface area contributed by atoms with Crippen molar-refractivity contribution in [3.8, 4) is 23.3 Å². The van der Waals surface area contributed by atoms with Crippen molar-refractivity contribution in [2.45, 2.75) is 43.9 Å². The van der Waals surface area contributed by atoms with E-state index in [0.717, 1.165) is 5.56 Å². The largest absolute Gasteiger partial charge is 0.489 e. The number of aliphatic hydroxyl groups excluding tert-OH is 1. The predicted molar refractivity (Wildman–Crippen MR) is 158 cm³/mol. The maximum absolute atomic E-state index is 13.7. The third-order valence-corrected chi connectivity index (χ3v) is 8.55. The van der Waals surface area contributed by atoms with Gasteiger partial charge < -0.3 is 29.7 Å². The zero-order chi connectivity index (χ0) is 31.0. The highest BCUT2D eigenvalue weighted by Gasteiger charge is 2.32. The number of fused-ring (bicyclic) bond motifs is 1. The zero-order valence-corrected chi connectivity index (χ0v) is 24.8. The van der Waals surface area contributed by atoms with Gasteiger partial charge in [-0.1, -0.05) is 38.1 Å². The van der Waals surface area contributed by atoms with Crippen molar-refractivity contribution in [3.05, 3.63) is 83.4 Å². The van der Waals surface area contributed by atoms with Crippen LogP contribution in [-0.2, 0) is 23.1 Å². The summed E-state index contributed by atoms with van der Waals surface area (Å²) in [4.78, 5) is 11.6. The molecule has 1 heterocycles. The summed E-state index contributed by atoms with van der Waals surface area (Å²) < 4.78 is 45.4. The van der Waals surface area contributed by atoms with Crippen LogP contribution in [0, 0.1) is 17.2 Å². The highest BCUT2D eigenvalue weighted by atomic mass is 32.2. The van der Waals surface area contributed by atoms with E-state index in [-0.39, 0.29) is 36.9 Å². The third-order valence-electron chi connectivity index (χ3n) is 6.72. The molecule has 0 unspecified atom stereocenters. The van der Waals surface area contributed by atoms with Crippen LogP contribution < -0.4 is 19.5 Å². The van der Waals surface area contributed by atoms with Gasteiger partial charge in [-0.05, 0) is 59.9 Å². The summed E-state index contributed by atoms with van der Waals surface area (Å²) in [5.74, 6) is 1.28. The van der Waals surface area contributed by atoms with E-state index in [4.69, 9.17) is 19.5 Å². The number of hydrogen-bond acceptors (Lipinski definition) is 8. The van der Waals surface area contributed by atoms with Gasteiger partial charge in [0.1, 0.15) is 25.6 Å². The summed E-state index contributed by atoms with van der Waals surface area (Å²) in [5, 5.41) is 32.1. The van der Waals surface area contributed by atoms with Crippen LogP contribution in [0.3, 0.4) is 0 Å². The highest BCUT2D eigenvalue weighted by molar-refractivity contribution is 7.89. The molecule has 0 spiro atoms. The van der Waals surface area contributed by atoms with Crippen molar-refractivity contribution in [1.82, 2.24) is 9.62 Å². The molecule has 0 radical (unpaired) electrons. The summed E-state index contributed by atoms with van der Waals surface area (Å²) in [5.41, 5.74) is 2.09. The van der Waals surface area contributed by atoms with Gasteiger partial charge in [-0.3, -0.25) is 0 Å². The fourth-order valence-electron chi connectivity index (χ4n) is 4.66. The lowest BCUT2D eigenvalue weighted by Crippen LogP contribution is -2.50. The number of benzene rings is 3. The number of carboxylic acid groups (broad SMARTS) is 1. The van der Waals surface area contributed by atoms with Crippen molar-refractivity contribution in [2.75, 3.05) is 26.3 Å². The van der Waals surface area contributed by atoms with Crippen LogP contribution >= 0.6 is 0 Å². The molecule has 3 aromatic carbocycles. The molecule has 3 N–H and O–H groups in total. The SMILES string of the molecule is CC(C)CN(C[C@@H](O)[C@H](Cc1ccc(OCc2cccc(C#N)c2)cc1)NC(=O)O)S(=O)(=O)c1ccc2c(c1)OCCO2. The Morgan fingerprint density at radius 2 is 1.74 bits per heavy atom. The van der Waals surface area contributed by atoms with Gasteiger partial charge in [0.25, 0.3) is 0 Å². The predicted octanol–water partition coefficient (Wildman–Crippen LogP) is 3.79. The van der Waals surface area contributed by atoms with Gasteiger partial charge in [-0.2, -0.15) is 9.57 Å². The minimum atomic E-state index is -4.07. The number of aliphatic hydroxyl groups is 1. The molecule has 1 amide bonds. The maximum Gasteiger partial charge on any atom is 0.404 e. The second-order valence-electron chi connectivity index (χ2n) is 10.6. The van der Waals surface area contributed by atoms with E-state index >= 15 is 0 Å². The Labute approximate surface area is 251 Å². The molecule has 3 aromatic rings. The highest BCUT2D eigenvalue weighted by Crippen LogP contribution is 2.33. The fraction of sp³-hybridized carbons (Fsp3) is 0.355. The number of rotatable bonds is 13. The third kappa shape index (κ3) is 8.61. The second-order valence-corrected chi connectivity index (χ2v) is 12.5. The van der Waals surface area contributed by atoms with E-state index in [2.05, 4.69) is 11.4 Å². The first-order valence-electron chi connectivity index (χ1n) is 13.8. The second kappa shape index (κ2) is 14.2. The van der Waals surface area contributed by atoms with Crippen molar-refractivity contribution >= 4 is 16.1 Å². The summed E-state index contributed by atoms with van der Waals surface area (Å²) >= 11 is 0. The molecular weight excluding hydrogens is 574 g/mol. The molecule has 0 saturated heterocycles. The monoisotopic (exact) mass is 609 g/mol. The van der Waals surface area contributed by atoms with Crippen LogP contribution in [0.15, 0.2) is 71.6 Å². The molecule has 43 heavy (non-hydrogen) atoms. The van der Waals surface area contributed by atoms with Crippen LogP contribution in [0.1, 0.15) is 30.5 Å². The molecular formula is C31H35N3O8S. The molecule has 11 nitrogen and oxygen atoms in total. The number of amides is 1. The Kier molecular flexibility index (Phi) is 10.5. The standard InChI is InChI=1S/C31H35N3O8S/c1-21(2)18-34(43(38,39)26-10-11-29-30(16-26)41-13-12-40-29)19-28(35)27(33-31(36)37)15-22-6-8-25(9-7-22)42-20-24-5-3-4-23(14-24)17-32/h3-11,14,16,21,27-28,33,35H,12-13,15,18-20H2,1-2H3,(H,36,37)/t27-,28+/m0/s1. The minimum absolute atomic E-state index is 0.0118. The van der Waals surface area contributed by atoms with Crippen LogP contribution in [0.2, 0.25) is 0 Å². The van der Waals surface area contributed by atoms with E-state index in [9.17, 15) is 23.4 Å². The number of nitrogens with one attached hydrogen (secondary N) is 1. The Morgan fingerprint density at radius 1 is 1.02 bits per heavy atom. The molecule has 12 heteroatoms. The molecule has 0 aromatic heterocycles. The van der Waals surface area contributed by atoms with Crippen LogP contribution in [0.25, 0.3) is 0 Å². The first-order chi connectivity index (χ1) is 20.5. The Bertz CT molecular complexity index is 1550. The summed E-state index contributed by atoms with van der Waals surface area (Å²) in [6.07, 6.45) is -2.59. The molecule has 4 rings (SSSR count). The first kappa shape index (κ1) is 31.6. The van der Waals surface area contributed by atoms with Crippen molar-refractivity contribution < 1.29 is 37.6 Å². The van der Waals surface area contributed by atoms with Gasteiger partial charge in [0.15, 0.2) is 11.5 Å². The number of hydrogen-bond donors (Lipinski definition) is 3. The average Bonchev–Trinajstić information content (AvgIpc) is 2.99. The molecule has 0 aliphatic carbocycles. The van der Waals surface area contributed by atoms with Gasteiger partial charge in [0.05, 0.1) is 28.7 Å². The number of sulfonamides is 1. The van der Waals surface area contributed by atoms with Gasteiger partial charge in [-0.15, -0.1) is 0 Å². The van der Waals surface area contributed by atoms with Crippen LogP contribution in [0.5, 0.6) is 17.2 Å². The number of nitrogens with zero attached hydrogens (tertiary/aromatic N) is 2. The van der Waals surface area contributed by atoms with Crippen LogP contribution in [0.4, 0.5) is 4.79 Å². The first-order valence-corrected chi connectivity index (χ1v) is 15.3. The number of nitriles is 1. The lowest BCUT2D eigenvalue weighted by atomic mass is 10.0. The zero-order valence-electron chi connectivity index (χ0n) is 24.0. The topological polar surface area (TPSA) is 158 Å². The van der Waals surface area contributed by atoms with Gasteiger partial charge in [-0.25, -0.2) is 13.2 Å². The van der Waals surface area contributed by atoms with Crippen LogP contribution in [-0.4, -0.2) is 67.5 Å². The summed E-state index contributed by atoms with van der Waals surface area (Å²) in [7, 11) is -4.07. The fourth-order valence-corrected chi connectivity index (χ4v) is 6.30. The normalized spacial score (nSPS) is 14.1. The van der Waals surface area contributed by atoms with Crippen molar-refractivity contribution in [1.29, 1.82) is 5.26 Å². The van der Waals surface area contributed by atoms with E-state index in [1.165, 1.54) is 22.5 Å². The molecule has 1 aliphatic heterocycles. The molecule has 228 valence electrons. The molecule has 2 atom stereocenters. The Hall–Kier alpha value is -4.31. The van der Waals surface area contributed by atoms with Gasteiger partial charge in [0.2, 0.25) is 10.0 Å². The van der Waals surface area contributed by atoms with E-state index in [1.807, 2.05) is 19.9 Å². The van der Waals surface area contributed by atoms with Crippen molar-refractivity contribution in [2.24, 2.45) is 5.92 Å². The Morgan fingerprint density at radius 3 is 2.42 bits per heavy atom.